The van der Waals surface area contributed by atoms with Crippen molar-refractivity contribution < 1.29 is 48.2 Å². The molecule has 0 saturated heterocycles. The Morgan fingerprint density at radius 3 is 1.50 bits per heavy atom. The van der Waals surface area contributed by atoms with E-state index in [1.54, 1.807) is 24.3 Å². The number of ether oxygens (including phenoxy) is 2. The maximum atomic E-state index is 13.1. The van der Waals surface area contributed by atoms with Crippen molar-refractivity contribution in [3.63, 3.8) is 0 Å². The summed E-state index contributed by atoms with van der Waals surface area (Å²) in [6.07, 6.45) is 0.288. The lowest BCUT2D eigenvalue weighted by molar-refractivity contribution is -0.236. The average molecular weight is 573 g/mol. The third-order valence-electron chi connectivity index (χ3n) is 4.95. The van der Waals surface area contributed by atoms with Gasteiger partial charge in [-0.3, -0.25) is 19.2 Å². The third kappa shape index (κ3) is 13.1. The first-order valence-electron chi connectivity index (χ1n) is 11.5. The Hall–Kier alpha value is -2.80. The highest BCUT2D eigenvalue weighted by molar-refractivity contribution is 7.98. The van der Waals surface area contributed by atoms with Gasteiger partial charge in [-0.2, -0.15) is 9.78 Å². The minimum absolute atomic E-state index is 0.137. The summed E-state index contributed by atoms with van der Waals surface area (Å²) >= 11 is 0. The molecular weight excluding hydrogens is 536 g/mol. The molecule has 12 heteroatoms. The quantitative estimate of drug-likeness (QED) is 0.0575. The zero-order valence-electron chi connectivity index (χ0n) is 22.3. The van der Waals surface area contributed by atoms with Gasteiger partial charge >= 0.3 is 11.9 Å². The number of benzene rings is 1. The number of esters is 2. The molecule has 0 atom stereocenters. The fourth-order valence-corrected chi connectivity index (χ4v) is 6.99. The number of carbonyl (C=O) groups is 4. The second-order valence-corrected chi connectivity index (χ2v) is 12.3. The summed E-state index contributed by atoms with van der Waals surface area (Å²) in [7, 11) is 4.18. The minimum Gasteiger partial charge on any atom is -0.469 e. The molecule has 0 aliphatic carbocycles. The molecule has 0 radical (unpaired) electrons. The van der Waals surface area contributed by atoms with Crippen molar-refractivity contribution in [3.8, 4) is 0 Å². The maximum Gasteiger partial charge on any atom is 0.310 e. The molecule has 210 valence electrons. The van der Waals surface area contributed by atoms with Gasteiger partial charge in [-0.25, -0.2) is 0 Å². The standard InChI is InChI=1S/C26H36O10S2/c1-19(35-33-5)15-38(16-20(2)36-34-6)18-24(28)22-9-7-8-21(14-22)23(27)17-37(12-10-25(29)31-3)13-11-26(30)32-4/h7-9,14H,1-2,10-13,15-18H2,3-6H3/q+2. The van der Waals surface area contributed by atoms with Crippen LogP contribution in [-0.4, -0.2) is 86.5 Å². The van der Waals surface area contributed by atoms with Gasteiger partial charge in [0.25, 0.3) is 0 Å². The number of hydrogen-bond donors (Lipinski definition) is 0. The molecule has 0 N–H and O–H groups in total. The predicted octanol–water partition coefficient (Wildman–Crippen LogP) is 2.60. The van der Waals surface area contributed by atoms with E-state index >= 15 is 0 Å². The number of methoxy groups -OCH3 is 2. The van der Waals surface area contributed by atoms with Crippen LogP contribution in [0.5, 0.6) is 0 Å². The van der Waals surface area contributed by atoms with Gasteiger partial charge in [-0.05, 0) is 17.0 Å². The molecule has 1 aromatic rings. The summed E-state index contributed by atoms with van der Waals surface area (Å²) in [5.41, 5.74) is 0.762. The highest BCUT2D eigenvalue weighted by atomic mass is 32.2. The van der Waals surface area contributed by atoms with E-state index in [1.165, 1.54) is 28.4 Å². The summed E-state index contributed by atoms with van der Waals surface area (Å²) in [4.78, 5) is 68.7. The first kappa shape index (κ1) is 33.2. The zero-order chi connectivity index (χ0) is 28.5. The van der Waals surface area contributed by atoms with Crippen LogP contribution in [0, 0.1) is 0 Å². The van der Waals surface area contributed by atoms with Gasteiger partial charge in [0.2, 0.25) is 11.6 Å². The van der Waals surface area contributed by atoms with Crippen molar-refractivity contribution in [2.24, 2.45) is 0 Å². The smallest absolute Gasteiger partial charge is 0.310 e. The molecule has 38 heavy (non-hydrogen) atoms. The predicted molar refractivity (Wildman–Crippen MR) is 147 cm³/mol. The van der Waals surface area contributed by atoms with Gasteiger partial charge in [0, 0.05) is 22.0 Å². The number of hydrogen-bond acceptors (Lipinski definition) is 10. The molecule has 10 nitrogen and oxygen atoms in total. The topological polar surface area (TPSA) is 124 Å². The van der Waals surface area contributed by atoms with Crippen molar-refractivity contribution in [3.05, 3.63) is 60.1 Å². The normalized spacial score (nSPS) is 10.7. The molecule has 0 heterocycles. The minimum atomic E-state index is -0.591. The van der Waals surface area contributed by atoms with E-state index in [0.29, 0.717) is 45.7 Å². The second-order valence-electron chi connectivity index (χ2n) is 7.87. The highest BCUT2D eigenvalue weighted by Crippen LogP contribution is 2.16. The Kier molecular flexibility index (Phi) is 16.1. The number of ketones is 2. The Morgan fingerprint density at radius 1 is 0.684 bits per heavy atom. The lowest BCUT2D eigenvalue weighted by Crippen LogP contribution is -2.26. The number of carbonyl (C=O) groups excluding carboxylic acids is 4. The average Bonchev–Trinajstić information content (AvgIpc) is 2.89. The lowest BCUT2D eigenvalue weighted by atomic mass is 10.1. The second kappa shape index (κ2) is 18.5. The molecule has 0 fully saturated rings. The van der Waals surface area contributed by atoms with Gasteiger partial charge < -0.3 is 19.2 Å². The molecule has 0 spiro atoms. The Balaban J connectivity index is 2.97. The van der Waals surface area contributed by atoms with Crippen LogP contribution in [0.4, 0.5) is 0 Å². The number of Topliss-reactive ketones (excluding diaryl/α,β-unsaturated/α-hetero) is 2. The zero-order valence-corrected chi connectivity index (χ0v) is 23.9. The molecule has 0 aliphatic rings. The molecule has 0 aromatic heterocycles. The van der Waals surface area contributed by atoms with Crippen LogP contribution >= 0.6 is 0 Å². The van der Waals surface area contributed by atoms with Gasteiger partial charge in [0.05, 0.1) is 41.3 Å². The van der Waals surface area contributed by atoms with Gasteiger partial charge in [-0.1, -0.05) is 31.4 Å². The summed E-state index contributed by atoms with van der Waals surface area (Å²) in [6, 6.07) is 6.51. The lowest BCUT2D eigenvalue weighted by Gasteiger charge is -2.11. The van der Waals surface area contributed by atoms with Crippen LogP contribution in [0.2, 0.25) is 0 Å². The Bertz CT molecular complexity index is 939. The van der Waals surface area contributed by atoms with Crippen LogP contribution in [0.1, 0.15) is 33.6 Å². The third-order valence-corrected chi connectivity index (χ3v) is 9.32. The maximum absolute atomic E-state index is 13.1. The van der Waals surface area contributed by atoms with Gasteiger partial charge in [0.15, 0.2) is 34.5 Å². The number of rotatable bonds is 20. The van der Waals surface area contributed by atoms with Crippen LogP contribution < -0.4 is 0 Å². The monoisotopic (exact) mass is 572 g/mol. The van der Waals surface area contributed by atoms with Gasteiger partial charge in [0.1, 0.15) is 11.5 Å². The van der Waals surface area contributed by atoms with Gasteiger partial charge in [-0.15, -0.1) is 0 Å². The summed E-state index contributed by atoms with van der Waals surface area (Å²) in [5, 5.41) is 0. The van der Waals surface area contributed by atoms with Crippen LogP contribution in [0.15, 0.2) is 48.9 Å². The highest BCUT2D eigenvalue weighted by Gasteiger charge is 2.29. The molecule has 1 aromatic carbocycles. The van der Waals surface area contributed by atoms with E-state index < -0.39 is 21.8 Å². The molecular formula is C26H36O10S2+2. The largest absolute Gasteiger partial charge is 0.469 e. The molecule has 0 saturated carbocycles. The molecule has 1 rings (SSSR count). The molecule has 0 bridgehead atoms. The summed E-state index contributed by atoms with van der Waals surface area (Å²) in [6.45, 7) is 7.58. The Labute approximate surface area is 229 Å². The van der Waals surface area contributed by atoms with E-state index in [0.717, 1.165) is 0 Å². The van der Waals surface area contributed by atoms with E-state index in [-0.39, 0.29) is 47.9 Å². The molecule has 0 unspecified atom stereocenters. The van der Waals surface area contributed by atoms with E-state index in [2.05, 4.69) is 22.9 Å². The van der Waals surface area contributed by atoms with E-state index in [4.69, 9.17) is 19.2 Å². The van der Waals surface area contributed by atoms with Crippen molar-refractivity contribution in [1.82, 2.24) is 0 Å². The first-order valence-corrected chi connectivity index (χ1v) is 14.9. The van der Waals surface area contributed by atoms with Crippen molar-refractivity contribution in [2.45, 2.75) is 12.8 Å². The fraction of sp³-hybridized carbons (Fsp3) is 0.462. The molecule has 0 amide bonds. The summed E-state index contributed by atoms with van der Waals surface area (Å²) in [5.74, 6) is 1.37. The Morgan fingerprint density at radius 2 is 1.11 bits per heavy atom. The van der Waals surface area contributed by atoms with Crippen molar-refractivity contribution >= 4 is 45.3 Å². The first-order chi connectivity index (χ1) is 18.1. The SMILES string of the molecule is C=C(C[S+](CC(=C)OOC)CC(=O)c1cccc(C(=O)C[S+](CCC(=O)OC)CCC(=O)OC)c1)OOC. The van der Waals surface area contributed by atoms with Crippen LogP contribution in [0.25, 0.3) is 0 Å². The van der Waals surface area contributed by atoms with E-state index in [1.807, 2.05) is 0 Å². The summed E-state index contributed by atoms with van der Waals surface area (Å²) < 4.78 is 9.39. The van der Waals surface area contributed by atoms with Crippen molar-refractivity contribution in [1.29, 1.82) is 0 Å². The molecule has 0 aliphatic heterocycles. The van der Waals surface area contributed by atoms with E-state index in [9.17, 15) is 19.2 Å². The van der Waals surface area contributed by atoms with Crippen LogP contribution in [0.3, 0.4) is 0 Å². The van der Waals surface area contributed by atoms with Crippen LogP contribution in [-0.2, 0) is 60.4 Å². The van der Waals surface area contributed by atoms with Crippen molar-refractivity contribution in [2.75, 3.05) is 63.0 Å². The fourth-order valence-electron chi connectivity index (χ4n) is 3.20.